The molecule has 0 bridgehead atoms. The van der Waals surface area contributed by atoms with Crippen LogP contribution in [0.25, 0.3) is 0 Å². The van der Waals surface area contributed by atoms with E-state index in [2.05, 4.69) is 5.32 Å². The van der Waals surface area contributed by atoms with Crippen LogP contribution >= 0.6 is 0 Å². The third-order valence-electron chi connectivity index (χ3n) is 6.58. The topological polar surface area (TPSA) is 108 Å². The van der Waals surface area contributed by atoms with Crippen molar-refractivity contribution in [3.8, 4) is 5.75 Å². The summed E-state index contributed by atoms with van der Waals surface area (Å²) in [5, 5.41) is 11.8. The smallest absolute Gasteiger partial charge is 0.326 e. The van der Waals surface area contributed by atoms with Gasteiger partial charge in [-0.05, 0) is 60.4 Å². The maximum atomic E-state index is 13.0. The molecule has 0 radical (unpaired) electrons. The summed E-state index contributed by atoms with van der Waals surface area (Å²) in [7, 11) is 6.45. The van der Waals surface area contributed by atoms with E-state index in [0.29, 0.717) is 23.5 Å². The fourth-order valence-corrected chi connectivity index (χ4v) is 4.22. The van der Waals surface area contributed by atoms with E-state index in [1.165, 1.54) is 12.0 Å². The predicted molar refractivity (Wildman–Crippen MR) is 152 cm³/mol. The highest BCUT2D eigenvalue weighted by atomic mass is 16.5. The number of hydrogen-bond acceptors (Lipinski definition) is 5. The summed E-state index contributed by atoms with van der Waals surface area (Å²) in [6.45, 7) is 1.94. The largest absolute Gasteiger partial charge is 0.495 e. The number of methoxy groups -OCH3 is 2. The summed E-state index contributed by atoms with van der Waals surface area (Å²) in [5.41, 5.74) is 4.56. The lowest BCUT2D eigenvalue weighted by molar-refractivity contribution is -0.137. The lowest BCUT2D eigenvalue weighted by Crippen LogP contribution is -2.31. The highest BCUT2D eigenvalue weighted by Crippen LogP contribution is 2.28. The van der Waals surface area contributed by atoms with Crippen LogP contribution < -0.4 is 19.9 Å². The Bertz CT molecular complexity index is 1310. The molecule has 206 valence electrons. The number of rotatable bonds is 11. The van der Waals surface area contributed by atoms with Gasteiger partial charge in [0.05, 0.1) is 25.3 Å². The van der Waals surface area contributed by atoms with Crippen LogP contribution in [0.1, 0.15) is 35.6 Å². The summed E-state index contributed by atoms with van der Waals surface area (Å²) >= 11 is 0. The Kier molecular flexibility index (Phi) is 10.1. The fourth-order valence-electron chi connectivity index (χ4n) is 4.22. The summed E-state index contributed by atoms with van der Waals surface area (Å²) < 4.78 is 10.9. The van der Waals surface area contributed by atoms with Gasteiger partial charge < -0.3 is 24.8 Å². The van der Waals surface area contributed by atoms with E-state index >= 15 is 0 Å². The number of para-hydroxylation sites is 1. The molecular weight excluding hydrogens is 498 g/mol. The Hall–Kier alpha value is -4.37. The Morgan fingerprint density at radius 2 is 1.64 bits per heavy atom. The quantitative estimate of drug-likeness (QED) is 0.340. The van der Waals surface area contributed by atoms with Gasteiger partial charge in [-0.1, -0.05) is 36.4 Å². The first-order chi connectivity index (χ1) is 18.6. The van der Waals surface area contributed by atoms with Crippen molar-refractivity contribution in [2.75, 3.05) is 43.4 Å². The summed E-state index contributed by atoms with van der Waals surface area (Å²) in [4.78, 5) is 39.9. The summed E-state index contributed by atoms with van der Waals surface area (Å²) in [5.74, 6) is -0.554. The minimum absolute atomic E-state index is 0.00791. The molecule has 39 heavy (non-hydrogen) atoms. The van der Waals surface area contributed by atoms with Crippen molar-refractivity contribution in [1.29, 1.82) is 0 Å². The Morgan fingerprint density at radius 3 is 2.26 bits per heavy atom. The predicted octanol–water partition coefficient (Wildman–Crippen LogP) is 5.43. The molecular formula is C30H35N3O6. The van der Waals surface area contributed by atoms with Crippen LogP contribution in [-0.4, -0.2) is 51.3 Å². The molecule has 3 aromatic carbocycles. The summed E-state index contributed by atoms with van der Waals surface area (Å²) in [6, 6.07) is 19.8. The van der Waals surface area contributed by atoms with Gasteiger partial charge in [0.25, 0.3) is 0 Å². The van der Waals surface area contributed by atoms with Crippen molar-refractivity contribution >= 4 is 35.0 Å². The number of urea groups is 1. The fraction of sp³-hybridized carbons (Fsp3) is 0.300. The van der Waals surface area contributed by atoms with Gasteiger partial charge in [0.1, 0.15) is 5.75 Å². The van der Waals surface area contributed by atoms with Crippen molar-refractivity contribution in [3.63, 3.8) is 0 Å². The third kappa shape index (κ3) is 7.58. The minimum atomic E-state index is -0.874. The van der Waals surface area contributed by atoms with E-state index in [4.69, 9.17) is 14.6 Å². The van der Waals surface area contributed by atoms with Crippen LogP contribution in [0.2, 0.25) is 0 Å². The zero-order chi connectivity index (χ0) is 28.5. The zero-order valence-electron chi connectivity index (χ0n) is 22.9. The SMILES string of the molecule is COc1cc(CC(=O)N(C)c2ccc(C(CCC(=O)O)OC)cc2)ccc1NC(=O)N(C)c1ccccc1C. The number of carbonyl (C=O) groups is 3. The first-order valence-electron chi connectivity index (χ1n) is 12.5. The molecule has 0 saturated carbocycles. The van der Waals surface area contributed by atoms with Crippen LogP contribution in [0.4, 0.5) is 21.9 Å². The van der Waals surface area contributed by atoms with Crippen molar-refractivity contribution in [2.45, 2.75) is 32.3 Å². The van der Waals surface area contributed by atoms with E-state index in [9.17, 15) is 14.4 Å². The molecule has 0 fully saturated rings. The number of nitrogens with zero attached hydrogens (tertiary/aromatic N) is 2. The van der Waals surface area contributed by atoms with Gasteiger partial charge in [0.2, 0.25) is 5.91 Å². The van der Waals surface area contributed by atoms with Crippen molar-refractivity contribution in [1.82, 2.24) is 0 Å². The molecule has 0 aromatic heterocycles. The lowest BCUT2D eigenvalue weighted by atomic mass is 10.0. The first kappa shape index (κ1) is 29.2. The maximum absolute atomic E-state index is 13.0. The second-order valence-electron chi connectivity index (χ2n) is 9.19. The molecule has 0 saturated heterocycles. The number of aliphatic carboxylic acids is 1. The van der Waals surface area contributed by atoms with Gasteiger partial charge in [0.15, 0.2) is 0 Å². The van der Waals surface area contributed by atoms with Crippen molar-refractivity contribution in [3.05, 3.63) is 83.4 Å². The normalized spacial score (nSPS) is 11.4. The number of hydrogen-bond donors (Lipinski definition) is 2. The lowest BCUT2D eigenvalue weighted by Gasteiger charge is -2.21. The number of aryl methyl sites for hydroxylation is 1. The first-order valence-corrected chi connectivity index (χ1v) is 12.5. The van der Waals surface area contributed by atoms with Crippen LogP contribution in [0, 0.1) is 6.92 Å². The van der Waals surface area contributed by atoms with Gasteiger partial charge in [-0.15, -0.1) is 0 Å². The van der Waals surface area contributed by atoms with Gasteiger partial charge in [-0.25, -0.2) is 4.79 Å². The highest BCUT2D eigenvalue weighted by Gasteiger charge is 2.18. The number of amides is 3. The van der Waals surface area contributed by atoms with Crippen LogP contribution in [0.3, 0.4) is 0 Å². The molecule has 9 heteroatoms. The second kappa shape index (κ2) is 13.4. The maximum Gasteiger partial charge on any atom is 0.326 e. The average Bonchev–Trinajstić information content (AvgIpc) is 2.93. The number of nitrogens with one attached hydrogen (secondary N) is 1. The Morgan fingerprint density at radius 1 is 0.949 bits per heavy atom. The van der Waals surface area contributed by atoms with Gasteiger partial charge in [-0.2, -0.15) is 0 Å². The molecule has 9 nitrogen and oxygen atoms in total. The van der Waals surface area contributed by atoms with Gasteiger partial charge in [0, 0.05) is 39.0 Å². The number of ether oxygens (including phenoxy) is 2. The molecule has 3 amide bonds. The molecule has 0 spiro atoms. The number of carboxylic acid groups (broad SMARTS) is 1. The van der Waals surface area contributed by atoms with E-state index < -0.39 is 5.97 Å². The van der Waals surface area contributed by atoms with Crippen molar-refractivity contribution in [2.24, 2.45) is 0 Å². The molecule has 3 rings (SSSR count). The Labute approximate surface area is 229 Å². The summed E-state index contributed by atoms with van der Waals surface area (Å²) in [6.07, 6.45) is 0.166. The molecule has 2 N–H and O–H groups in total. The van der Waals surface area contributed by atoms with Gasteiger partial charge >= 0.3 is 12.0 Å². The van der Waals surface area contributed by atoms with Gasteiger partial charge in [-0.3, -0.25) is 14.5 Å². The molecule has 0 aliphatic heterocycles. The average molecular weight is 534 g/mol. The standard InChI is InChI=1S/C30H35N3O6/c1-20-8-6-7-9-25(20)33(3)30(37)31-24-15-10-21(18-27(24)39-5)19-28(34)32(2)23-13-11-22(12-14-23)26(38-4)16-17-29(35)36/h6-15,18,26H,16-17,19H2,1-5H3,(H,31,37)(H,35,36). The van der Waals surface area contributed by atoms with Crippen LogP contribution in [0.5, 0.6) is 5.75 Å². The monoisotopic (exact) mass is 533 g/mol. The van der Waals surface area contributed by atoms with E-state index in [-0.39, 0.29) is 30.9 Å². The van der Waals surface area contributed by atoms with Crippen LogP contribution in [0.15, 0.2) is 66.7 Å². The minimum Gasteiger partial charge on any atom is -0.495 e. The zero-order valence-corrected chi connectivity index (χ0v) is 22.9. The molecule has 3 aromatic rings. The molecule has 0 heterocycles. The van der Waals surface area contributed by atoms with Crippen molar-refractivity contribution < 1.29 is 29.0 Å². The van der Waals surface area contributed by atoms with Crippen LogP contribution in [-0.2, 0) is 20.7 Å². The third-order valence-corrected chi connectivity index (χ3v) is 6.58. The number of benzene rings is 3. The highest BCUT2D eigenvalue weighted by molar-refractivity contribution is 6.02. The number of carbonyl (C=O) groups excluding carboxylic acids is 2. The molecule has 0 aliphatic rings. The second-order valence-corrected chi connectivity index (χ2v) is 9.19. The molecule has 1 unspecified atom stereocenters. The number of carboxylic acids is 1. The number of anilines is 3. The number of likely N-dealkylation sites (N-methyl/N-ethyl adjacent to an activating group) is 1. The molecule has 1 atom stereocenters. The van der Waals surface area contributed by atoms with E-state index in [1.54, 1.807) is 44.3 Å². The van der Waals surface area contributed by atoms with E-state index in [1.807, 2.05) is 55.5 Å². The van der Waals surface area contributed by atoms with E-state index in [0.717, 1.165) is 22.4 Å². The molecule has 0 aliphatic carbocycles. The Balaban J connectivity index is 1.66.